The maximum absolute atomic E-state index is 11.4. The Kier molecular flexibility index (Phi) is 6.46. The third-order valence-electron chi connectivity index (χ3n) is 3.99. The Morgan fingerprint density at radius 2 is 1.88 bits per heavy atom. The number of amides is 1. The quantitative estimate of drug-likeness (QED) is 0.657. The molecule has 6 heteroatoms. The van der Waals surface area contributed by atoms with Gasteiger partial charge < -0.3 is 20.3 Å². The van der Waals surface area contributed by atoms with Crippen LogP contribution in [-0.4, -0.2) is 49.0 Å². The van der Waals surface area contributed by atoms with Crippen LogP contribution < -0.4 is 15.4 Å². The van der Waals surface area contributed by atoms with Gasteiger partial charge in [-0.25, -0.2) is 0 Å². The number of benzene rings is 1. The lowest BCUT2D eigenvalue weighted by atomic mass is 10.1. The SMILES string of the molecule is CN=C(Nc1ccc(OC(C)C)cc1)NC1CCN(C(C)=O)CC1. The fraction of sp³-hybridized carbons (Fsp3) is 0.556. The van der Waals surface area contributed by atoms with Crippen molar-refractivity contribution in [2.75, 3.05) is 25.5 Å². The third kappa shape index (κ3) is 5.44. The second kappa shape index (κ2) is 8.57. The number of carbonyl (C=O) groups is 1. The molecule has 6 nitrogen and oxygen atoms in total. The van der Waals surface area contributed by atoms with E-state index in [0.29, 0.717) is 6.04 Å². The number of rotatable bonds is 4. The Balaban J connectivity index is 1.85. The Labute approximate surface area is 144 Å². The van der Waals surface area contributed by atoms with E-state index < -0.39 is 0 Å². The molecule has 0 bridgehead atoms. The summed E-state index contributed by atoms with van der Waals surface area (Å²) in [5.41, 5.74) is 0.959. The van der Waals surface area contributed by atoms with Crippen LogP contribution in [0.5, 0.6) is 5.75 Å². The van der Waals surface area contributed by atoms with E-state index in [-0.39, 0.29) is 12.0 Å². The van der Waals surface area contributed by atoms with E-state index in [1.165, 1.54) is 0 Å². The first kappa shape index (κ1) is 18.1. The standard InChI is InChI=1S/C18H28N4O2/c1-13(2)24-17-7-5-15(6-8-17)20-18(19-4)21-16-9-11-22(12-10-16)14(3)23/h5-8,13,16H,9-12H2,1-4H3,(H2,19,20,21). The summed E-state index contributed by atoms with van der Waals surface area (Å²) >= 11 is 0. The van der Waals surface area contributed by atoms with Crippen molar-refractivity contribution in [1.82, 2.24) is 10.2 Å². The highest BCUT2D eigenvalue weighted by Gasteiger charge is 2.21. The minimum Gasteiger partial charge on any atom is -0.491 e. The first-order chi connectivity index (χ1) is 11.5. The normalized spacial score (nSPS) is 16.2. The summed E-state index contributed by atoms with van der Waals surface area (Å²) in [4.78, 5) is 17.6. The summed E-state index contributed by atoms with van der Waals surface area (Å²) in [5, 5.41) is 6.72. The number of nitrogens with one attached hydrogen (secondary N) is 2. The lowest BCUT2D eigenvalue weighted by molar-refractivity contribution is -0.129. The molecule has 24 heavy (non-hydrogen) atoms. The Bertz CT molecular complexity index is 561. The fourth-order valence-electron chi connectivity index (χ4n) is 2.71. The molecule has 1 aliphatic rings. The maximum atomic E-state index is 11.4. The molecule has 1 fully saturated rings. The van der Waals surface area contributed by atoms with Gasteiger partial charge in [-0.1, -0.05) is 0 Å². The topological polar surface area (TPSA) is 66.0 Å². The number of hydrogen-bond acceptors (Lipinski definition) is 3. The summed E-state index contributed by atoms with van der Waals surface area (Å²) in [6.45, 7) is 7.24. The number of guanidine groups is 1. The van der Waals surface area contributed by atoms with E-state index in [9.17, 15) is 4.79 Å². The molecule has 0 atom stereocenters. The Morgan fingerprint density at radius 3 is 2.38 bits per heavy atom. The maximum Gasteiger partial charge on any atom is 0.219 e. The van der Waals surface area contributed by atoms with Crippen molar-refractivity contribution in [3.05, 3.63) is 24.3 Å². The van der Waals surface area contributed by atoms with E-state index in [0.717, 1.165) is 43.3 Å². The van der Waals surface area contributed by atoms with Gasteiger partial charge >= 0.3 is 0 Å². The summed E-state index contributed by atoms with van der Waals surface area (Å²) in [7, 11) is 1.76. The molecule has 1 aromatic carbocycles. The molecule has 132 valence electrons. The summed E-state index contributed by atoms with van der Waals surface area (Å²) < 4.78 is 5.65. The van der Waals surface area contributed by atoms with Gasteiger partial charge in [0.25, 0.3) is 0 Å². The second-order valence-electron chi connectivity index (χ2n) is 6.31. The molecular weight excluding hydrogens is 304 g/mol. The zero-order chi connectivity index (χ0) is 17.5. The van der Waals surface area contributed by atoms with Crippen LogP contribution in [0.15, 0.2) is 29.3 Å². The van der Waals surface area contributed by atoms with Crippen LogP contribution in [0.1, 0.15) is 33.6 Å². The average Bonchev–Trinajstić information content (AvgIpc) is 2.56. The molecule has 0 spiro atoms. The zero-order valence-electron chi connectivity index (χ0n) is 15.0. The summed E-state index contributed by atoms with van der Waals surface area (Å²) in [6, 6.07) is 8.17. The van der Waals surface area contributed by atoms with Gasteiger partial charge in [0.15, 0.2) is 5.96 Å². The minimum absolute atomic E-state index is 0.152. The summed E-state index contributed by atoms with van der Waals surface area (Å²) in [5.74, 6) is 1.75. The van der Waals surface area contributed by atoms with Crippen molar-refractivity contribution in [1.29, 1.82) is 0 Å². The van der Waals surface area contributed by atoms with Gasteiger partial charge in [0.2, 0.25) is 5.91 Å². The molecule has 0 saturated carbocycles. The van der Waals surface area contributed by atoms with Crippen molar-refractivity contribution in [2.45, 2.75) is 45.8 Å². The molecule has 2 rings (SSSR count). The molecular formula is C18H28N4O2. The lowest BCUT2D eigenvalue weighted by Gasteiger charge is -2.32. The smallest absolute Gasteiger partial charge is 0.219 e. The van der Waals surface area contributed by atoms with Crippen molar-refractivity contribution >= 4 is 17.6 Å². The van der Waals surface area contributed by atoms with Gasteiger partial charge in [-0.05, 0) is 51.0 Å². The monoisotopic (exact) mass is 332 g/mol. The van der Waals surface area contributed by atoms with Crippen LogP contribution in [0.3, 0.4) is 0 Å². The van der Waals surface area contributed by atoms with Gasteiger partial charge in [-0.2, -0.15) is 0 Å². The Hall–Kier alpha value is -2.24. The van der Waals surface area contributed by atoms with Crippen LogP contribution in [0, 0.1) is 0 Å². The Morgan fingerprint density at radius 1 is 1.25 bits per heavy atom. The van der Waals surface area contributed by atoms with E-state index in [2.05, 4.69) is 15.6 Å². The van der Waals surface area contributed by atoms with Crippen LogP contribution in [0.25, 0.3) is 0 Å². The number of likely N-dealkylation sites (tertiary alicyclic amines) is 1. The highest BCUT2D eigenvalue weighted by atomic mass is 16.5. The molecule has 1 amide bonds. The van der Waals surface area contributed by atoms with Crippen LogP contribution >= 0.6 is 0 Å². The van der Waals surface area contributed by atoms with Crippen molar-refractivity contribution in [2.24, 2.45) is 4.99 Å². The largest absolute Gasteiger partial charge is 0.491 e. The van der Waals surface area contributed by atoms with Gasteiger partial charge in [0.05, 0.1) is 6.10 Å². The van der Waals surface area contributed by atoms with E-state index in [1.807, 2.05) is 43.0 Å². The molecule has 0 aliphatic carbocycles. The van der Waals surface area contributed by atoms with Crippen molar-refractivity contribution in [3.63, 3.8) is 0 Å². The lowest BCUT2D eigenvalue weighted by Crippen LogP contribution is -2.47. The average molecular weight is 332 g/mol. The first-order valence-corrected chi connectivity index (χ1v) is 8.50. The van der Waals surface area contributed by atoms with Gasteiger partial charge in [0, 0.05) is 38.8 Å². The van der Waals surface area contributed by atoms with E-state index in [4.69, 9.17) is 4.74 Å². The van der Waals surface area contributed by atoms with Gasteiger partial charge in [-0.3, -0.25) is 9.79 Å². The molecule has 1 saturated heterocycles. The molecule has 1 aromatic rings. The number of anilines is 1. The number of nitrogens with zero attached hydrogens (tertiary/aromatic N) is 2. The van der Waals surface area contributed by atoms with Crippen LogP contribution in [-0.2, 0) is 4.79 Å². The van der Waals surface area contributed by atoms with Crippen LogP contribution in [0.4, 0.5) is 5.69 Å². The fourth-order valence-corrected chi connectivity index (χ4v) is 2.71. The molecule has 0 unspecified atom stereocenters. The van der Waals surface area contributed by atoms with Gasteiger partial charge in [0.1, 0.15) is 5.75 Å². The molecule has 0 radical (unpaired) electrons. The van der Waals surface area contributed by atoms with Crippen molar-refractivity contribution in [3.8, 4) is 5.75 Å². The first-order valence-electron chi connectivity index (χ1n) is 8.50. The number of carbonyl (C=O) groups excluding carboxylic acids is 1. The molecule has 1 aliphatic heterocycles. The number of hydrogen-bond donors (Lipinski definition) is 2. The van der Waals surface area contributed by atoms with Crippen molar-refractivity contribution < 1.29 is 9.53 Å². The number of aliphatic imine (C=N–C) groups is 1. The zero-order valence-corrected chi connectivity index (χ0v) is 15.0. The van der Waals surface area contributed by atoms with Gasteiger partial charge in [-0.15, -0.1) is 0 Å². The van der Waals surface area contributed by atoms with E-state index in [1.54, 1.807) is 14.0 Å². The molecule has 0 aromatic heterocycles. The second-order valence-corrected chi connectivity index (χ2v) is 6.31. The highest BCUT2D eigenvalue weighted by Crippen LogP contribution is 2.17. The predicted molar refractivity (Wildman–Crippen MR) is 97.6 cm³/mol. The van der Waals surface area contributed by atoms with Crippen LogP contribution in [0.2, 0.25) is 0 Å². The number of piperidine rings is 1. The highest BCUT2D eigenvalue weighted by molar-refractivity contribution is 5.93. The summed E-state index contributed by atoms with van der Waals surface area (Å²) in [6.07, 6.45) is 2.03. The molecule has 2 N–H and O–H groups in total. The predicted octanol–water partition coefficient (Wildman–Crippen LogP) is 2.47. The minimum atomic E-state index is 0.152. The third-order valence-corrected chi connectivity index (χ3v) is 3.99. The molecule has 1 heterocycles. The van der Waals surface area contributed by atoms with E-state index >= 15 is 0 Å². The number of ether oxygens (including phenoxy) is 1.